The third-order valence-electron chi connectivity index (χ3n) is 3.29. The van der Waals surface area contributed by atoms with Gasteiger partial charge in [0.05, 0.1) is 5.69 Å². The smallest absolute Gasteiger partial charge is 0.263 e. The number of nitrogens with one attached hydrogen (secondary N) is 1. The summed E-state index contributed by atoms with van der Waals surface area (Å²) in [5.74, 6) is 0.985. The van der Waals surface area contributed by atoms with Gasteiger partial charge in [0.25, 0.3) is 5.91 Å². The molecule has 1 heterocycles. The Bertz CT molecular complexity index is 622. The van der Waals surface area contributed by atoms with Crippen molar-refractivity contribution in [2.75, 3.05) is 17.7 Å². The van der Waals surface area contributed by atoms with Gasteiger partial charge in [-0.2, -0.15) is 11.8 Å². The number of carbonyl (C=O) groups excluding carboxylic acids is 1. The van der Waals surface area contributed by atoms with Crippen molar-refractivity contribution in [2.45, 2.75) is 26.3 Å². The Kier molecular flexibility index (Phi) is 4.94. The van der Waals surface area contributed by atoms with E-state index in [4.69, 9.17) is 5.73 Å². The Balaban J connectivity index is 2.22. The molecule has 108 valence electrons. The number of nitrogen functional groups attached to an aromatic ring is 1. The normalized spacial score (nSPS) is 12.6. The van der Waals surface area contributed by atoms with E-state index in [1.165, 1.54) is 11.3 Å². The quantitative estimate of drug-likeness (QED) is 0.886. The van der Waals surface area contributed by atoms with Crippen LogP contribution in [0.5, 0.6) is 0 Å². The first-order chi connectivity index (χ1) is 9.54. The topological polar surface area (TPSA) is 55.1 Å². The molecular formula is C15H20N2OS2. The zero-order chi connectivity index (χ0) is 14.7. The van der Waals surface area contributed by atoms with Crippen molar-refractivity contribution in [3.8, 4) is 0 Å². The fraction of sp³-hybridized carbons (Fsp3) is 0.400. The van der Waals surface area contributed by atoms with Gasteiger partial charge in [0, 0.05) is 16.1 Å². The summed E-state index contributed by atoms with van der Waals surface area (Å²) in [5, 5.41) is 4.01. The van der Waals surface area contributed by atoms with Crippen LogP contribution in [0.3, 0.4) is 0 Å². The molecule has 20 heavy (non-hydrogen) atoms. The molecule has 3 nitrogen and oxygen atoms in total. The lowest BCUT2D eigenvalue weighted by molar-refractivity contribution is 0.0944. The summed E-state index contributed by atoms with van der Waals surface area (Å²) in [4.78, 5) is 13.0. The highest BCUT2D eigenvalue weighted by Crippen LogP contribution is 2.35. The summed E-state index contributed by atoms with van der Waals surface area (Å²) in [7, 11) is 0. The van der Waals surface area contributed by atoms with Crippen LogP contribution in [0.2, 0.25) is 0 Å². The second-order valence-corrected chi connectivity index (χ2v) is 6.96. The minimum atomic E-state index is -0.0586. The van der Waals surface area contributed by atoms with E-state index in [9.17, 15) is 4.79 Å². The lowest BCUT2D eigenvalue weighted by Gasteiger charge is -2.12. The molecule has 0 radical (unpaired) electrons. The summed E-state index contributed by atoms with van der Waals surface area (Å²) in [6, 6.07) is 6.16. The lowest BCUT2D eigenvalue weighted by atomic mass is 10.1. The number of carbonyl (C=O) groups is 1. The van der Waals surface area contributed by atoms with Crippen molar-refractivity contribution in [3.63, 3.8) is 0 Å². The van der Waals surface area contributed by atoms with Crippen molar-refractivity contribution in [1.29, 1.82) is 0 Å². The third-order valence-corrected chi connectivity index (χ3v) is 5.29. The van der Waals surface area contributed by atoms with Gasteiger partial charge >= 0.3 is 0 Å². The van der Waals surface area contributed by atoms with Gasteiger partial charge in [0.1, 0.15) is 4.88 Å². The maximum Gasteiger partial charge on any atom is 0.263 e. The average Bonchev–Trinajstić information content (AvgIpc) is 2.76. The van der Waals surface area contributed by atoms with Gasteiger partial charge in [-0.1, -0.05) is 18.2 Å². The molecule has 0 spiro atoms. The van der Waals surface area contributed by atoms with Crippen LogP contribution in [-0.2, 0) is 0 Å². The van der Waals surface area contributed by atoms with Crippen LogP contribution in [0.4, 0.5) is 5.69 Å². The van der Waals surface area contributed by atoms with Crippen LogP contribution in [0.1, 0.15) is 28.6 Å². The van der Waals surface area contributed by atoms with E-state index >= 15 is 0 Å². The summed E-state index contributed by atoms with van der Waals surface area (Å²) >= 11 is 3.27. The molecule has 0 saturated carbocycles. The highest BCUT2D eigenvalue weighted by Gasteiger charge is 2.18. The summed E-state index contributed by atoms with van der Waals surface area (Å²) in [5.41, 5.74) is 7.89. The summed E-state index contributed by atoms with van der Waals surface area (Å²) in [6.45, 7) is 4.07. The number of anilines is 1. The number of hydrogen-bond donors (Lipinski definition) is 2. The molecule has 1 amide bonds. The average molecular weight is 308 g/mol. The molecule has 3 N–H and O–H groups in total. The zero-order valence-electron chi connectivity index (χ0n) is 12.0. The van der Waals surface area contributed by atoms with Crippen LogP contribution < -0.4 is 11.1 Å². The monoisotopic (exact) mass is 308 g/mol. The number of fused-ring (bicyclic) bond motifs is 1. The molecule has 1 aromatic heterocycles. The predicted molar refractivity (Wildman–Crippen MR) is 90.9 cm³/mol. The van der Waals surface area contributed by atoms with E-state index in [2.05, 4.69) is 11.6 Å². The number of rotatable bonds is 5. The largest absolute Gasteiger partial charge is 0.397 e. The Hall–Kier alpha value is -1.20. The maximum absolute atomic E-state index is 12.3. The molecule has 0 bridgehead atoms. The minimum Gasteiger partial charge on any atom is -0.397 e. The molecule has 0 fully saturated rings. The van der Waals surface area contributed by atoms with Gasteiger partial charge in [-0.15, -0.1) is 11.3 Å². The first-order valence-electron chi connectivity index (χ1n) is 6.62. The number of thiophene rings is 1. The van der Waals surface area contributed by atoms with Crippen molar-refractivity contribution in [3.05, 3.63) is 28.6 Å². The Labute approximate surface area is 127 Å². The van der Waals surface area contributed by atoms with Crippen LogP contribution in [0.15, 0.2) is 18.2 Å². The van der Waals surface area contributed by atoms with Crippen LogP contribution >= 0.6 is 23.1 Å². The SMILES string of the molecule is CSCCC(C)NC(=O)c1sc2c(C)cccc2c1N. The molecule has 0 saturated heterocycles. The number of thioether (sulfide) groups is 1. The van der Waals surface area contributed by atoms with Gasteiger partial charge < -0.3 is 11.1 Å². The number of benzene rings is 1. The Morgan fingerprint density at radius 1 is 1.50 bits per heavy atom. The highest BCUT2D eigenvalue weighted by molar-refractivity contribution is 7.98. The van der Waals surface area contributed by atoms with Gasteiger partial charge in [0.2, 0.25) is 0 Å². The molecule has 0 aliphatic carbocycles. The molecule has 1 unspecified atom stereocenters. The summed E-state index contributed by atoms with van der Waals surface area (Å²) < 4.78 is 1.10. The highest BCUT2D eigenvalue weighted by atomic mass is 32.2. The first-order valence-corrected chi connectivity index (χ1v) is 8.83. The lowest BCUT2D eigenvalue weighted by Crippen LogP contribution is -2.32. The van der Waals surface area contributed by atoms with E-state index in [1.54, 1.807) is 11.8 Å². The van der Waals surface area contributed by atoms with Gasteiger partial charge in [0.15, 0.2) is 0 Å². The molecule has 1 aromatic carbocycles. The predicted octanol–water partition coefficient (Wildman–Crippen LogP) is 3.66. The van der Waals surface area contributed by atoms with E-state index in [1.807, 2.05) is 32.0 Å². The van der Waals surface area contributed by atoms with Crippen molar-refractivity contribution in [2.24, 2.45) is 0 Å². The number of hydrogen-bond acceptors (Lipinski definition) is 4. The van der Waals surface area contributed by atoms with E-state index in [-0.39, 0.29) is 11.9 Å². The van der Waals surface area contributed by atoms with Crippen LogP contribution in [0, 0.1) is 6.92 Å². The molecule has 0 aliphatic heterocycles. The Morgan fingerprint density at radius 3 is 2.90 bits per heavy atom. The standard InChI is InChI=1S/C15H20N2OS2/c1-9-5-4-6-11-12(16)14(20-13(9)11)15(18)17-10(2)7-8-19-3/h4-6,10H,7-8,16H2,1-3H3,(H,17,18). The first kappa shape index (κ1) is 15.2. The van der Waals surface area contributed by atoms with Gasteiger partial charge in [-0.25, -0.2) is 0 Å². The Morgan fingerprint density at radius 2 is 2.25 bits per heavy atom. The van der Waals surface area contributed by atoms with E-state index in [0.717, 1.165) is 27.8 Å². The maximum atomic E-state index is 12.3. The van der Waals surface area contributed by atoms with E-state index < -0.39 is 0 Å². The number of amides is 1. The molecule has 5 heteroatoms. The van der Waals surface area contributed by atoms with Crippen molar-refractivity contribution in [1.82, 2.24) is 5.32 Å². The van der Waals surface area contributed by atoms with Crippen molar-refractivity contribution < 1.29 is 4.79 Å². The number of aryl methyl sites for hydroxylation is 1. The minimum absolute atomic E-state index is 0.0586. The third kappa shape index (κ3) is 3.10. The second-order valence-electron chi connectivity index (χ2n) is 4.95. The fourth-order valence-corrected chi connectivity index (χ4v) is 3.79. The molecular weight excluding hydrogens is 288 g/mol. The van der Waals surface area contributed by atoms with Gasteiger partial charge in [-0.3, -0.25) is 4.79 Å². The van der Waals surface area contributed by atoms with Crippen LogP contribution in [-0.4, -0.2) is 24.0 Å². The molecule has 2 aromatic rings. The molecule has 0 aliphatic rings. The number of nitrogens with two attached hydrogens (primary N) is 1. The fourth-order valence-electron chi connectivity index (χ4n) is 2.10. The zero-order valence-corrected chi connectivity index (χ0v) is 13.7. The van der Waals surface area contributed by atoms with Gasteiger partial charge in [-0.05, 0) is 37.8 Å². The molecule has 2 rings (SSSR count). The van der Waals surface area contributed by atoms with Crippen LogP contribution in [0.25, 0.3) is 10.1 Å². The van der Waals surface area contributed by atoms with Crippen molar-refractivity contribution >= 4 is 44.8 Å². The molecule has 1 atom stereocenters. The summed E-state index contributed by atoms with van der Waals surface area (Å²) in [6.07, 6.45) is 3.04. The second kappa shape index (κ2) is 6.50. The van der Waals surface area contributed by atoms with E-state index in [0.29, 0.717) is 10.6 Å².